The van der Waals surface area contributed by atoms with Crippen molar-refractivity contribution < 1.29 is 24.1 Å². The van der Waals surface area contributed by atoms with Crippen LogP contribution in [0.1, 0.15) is 132 Å². The summed E-state index contributed by atoms with van der Waals surface area (Å²) in [4.78, 5) is 15.6. The molecule has 1 heterocycles. The fraction of sp³-hybridized carbons (Fsp3) is 0.426. The van der Waals surface area contributed by atoms with E-state index in [2.05, 4.69) is 77.9 Å². The molecular formula is C54H69N3O5. The second-order valence-electron chi connectivity index (χ2n) is 16.8. The Labute approximate surface area is 371 Å². The van der Waals surface area contributed by atoms with Crippen LogP contribution in [-0.2, 0) is 22.6 Å². The highest BCUT2D eigenvalue weighted by Crippen LogP contribution is 2.39. The van der Waals surface area contributed by atoms with Crippen LogP contribution in [0.2, 0.25) is 0 Å². The van der Waals surface area contributed by atoms with E-state index in [0.29, 0.717) is 18.0 Å². The van der Waals surface area contributed by atoms with Crippen LogP contribution < -0.4 is 15.4 Å². The zero-order chi connectivity index (χ0) is 43.2. The summed E-state index contributed by atoms with van der Waals surface area (Å²) in [5.74, 6) is 1.45. The van der Waals surface area contributed by atoms with Crippen molar-refractivity contribution in [1.29, 1.82) is 0 Å². The van der Waals surface area contributed by atoms with Crippen LogP contribution in [0.5, 0.6) is 11.5 Å². The van der Waals surface area contributed by atoms with Gasteiger partial charge in [0.2, 0.25) is 0 Å². The Bertz CT molecular complexity index is 2010. The van der Waals surface area contributed by atoms with Crippen LogP contribution >= 0.6 is 0 Å². The van der Waals surface area contributed by atoms with Gasteiger partial charge in [-0.25, -0.2) is 4.79 Å². The number of amides is 2. The zero-order valence-electron chi connectivity index (χ0n) is 37.1. The molecule has 0 aliphatic carbocycles. The average Bonchev–Trinajstić information content (AvgIpc) is 3.31. The first kappa shape index (κ1) is 46.5. The number of nitrogens with zero attached hydrogens (tertiary/aromatic N) is 1. The smallest absolute Gasteiger partial charge is 0.319 e. The number of hydrogen-bond acceptors (Lipinski definition) is 6. The van der Waals surface area contributed by atoms with Gasteiger partial charge in [0, 0.05) is 30.8 Å². The molecule has 1 aliphatic heterocycles. The van der Waals surface area contributed by atoms with Gasteiger partial charge in [-0.15, -0.1) is 0 Å². The van der Waals surface area contributed by atoms with Gasteiger partial charge in [0.25, 0.3) is 0 Å². The highest BCUT2D eigenvalue weighted by molar-refractivity contribution is 5.89. The molecule has 3 atom stereocenters. The van der Waals surface area contributed by atoms with E-state index in [9.17, 15) is 9.90 Å². The SMILES string of the molecule is CCCCCCCCN(CCCCCCCC)C[C@H]1C[C@@H](c2ccc(CO)cc2)O[C@@H](c2cccc(-c3cccc(CNC(=O)Nc4ccc(Oc5ccccc5)cc4)c3)c2)O1. The lowest BCUT2D eigenvalue weighted by Crippen LogP contribution is -2.40. The second-order valence-corrected chi connectivity index (χ2v) is 16.8. The van der Waals surface area contributed by atoms with Crippen molar-refractivity contribution in [3.8, 4) is 22.6 Å². The zero-order valence-corrected chi connectivity index (χ0v) is 37.1. The van der Waals surface area contributed by atoms with Gasteiger partial charge >= 0.3 is 6.03 Å². The number of unbranched alkanes of at least 4 members (excludes halogenated alkanes) is 10. The minimum absolute atomic E-state index is 0.00113. The second kappa shape index (κ2) is 25.8. The molecule has 8 heteroatoms. The Kier molecular flexibility index (Phi) is 19.4. The topological polar surface area (TPSA) is 92.3 Å². The summed E-state index contributed by atoms with van der Waals surface area (Å²) in [6, 6.07) is 41.5. The van der Waals surface area contributed by atoms with Gasteiger partial charge in [-0.2, -0.15) is 0 Å². The van der Waals surface area contributed by atoms with E-state index in [0.717, 1.165) is 65.2 Å². The van der Waals surface area contributed by atoms with Crippen molar-refractivity contribution in [1.82, 2.24) is 10.2 Å². The van der Waals surface area contributed by atoms with Crippen LogP contribution in [-0.4, -0.2) is 41.8 Å². The molecule has 6 rings (SSSR count). The first-order valence-corrected chi connectivity index (χ1v) is 23.3. The maximum absolute atomic E-state index is 12.9. The summed E-state index contributed by atoms with van der Waals surface area (Å²) >= 11 is 0. The van der Waals surface area contributed by atoms with Crippen LogP contribution in [0.4, 0.5) is 10.5 Å². The minimum Gasteiger partial charge on any atom is -0.457 e. The fourth-order valence-corrected chi connectivity index (χ4v) is 8.16. The molecule has 3 N–H and O–H groups in total. The van der Waals surface area contributed by atoms with Crippen molar-refractivity contribution in [3.05, 3.63) is 150 Å². The molecule has 1 aliphatic rings. The molecule has 5 aromatic rings. The van der Waals surface area contributed by atoms with Crippen LogP contribution in [0.3, 0.4) is 0 Å². The van der Waals surface area contributed by atoms with E-state index >= 15 is 0 Å². The summed E-state index contributed by atoms with van der Waals surface area (Å²) in [7, 11) is 0. The average molecular weight is 840 g/mol. The van der Waals surface area contributed by atoms with Crippen LogP contribution in [0.15, 0.2) is 127 Å². The number of aliphatic hydroxyl groups excluding tert-OH is 1. The number of carbonyl (C=O) groups is 1. The number of anilines is 1. The van der Waals surface area contributed by atoms with Gasteiger partial charge in [-0.3, -0.25) is 0 Å². The van der Waals surface area contributed by atoms with E-state index in [1.807, 2.05) is 78.9 Å². The number of ether oxygens (including phenoxy) is 3. The molecule has 1 saturated heterocycles. The van der Waals surface area contributed by atoms with Crippen LogP contribution in [0, 0.1) is 0 Å². The van der Waals surface area contributed by atoms with Gasteiger partial charge in [0.1, 0.15) is 11.5 Å². The molecule has 2 amide bonds. The number of hydrogen-bond donors (Lipinski definition) is 3. The molecule has 62 heavy (non-hydrogen) atoms. The lowest BCUT2D eigenvalue weighted by atomic mass is 9.98. The molecular weight excluding hydrogens is 771 g/mol. The number of nitrogens with one attached hydrogen (secondary N) is 2. The summed E-state index contributed by atoms with van der Waals surface area (Å²) in [6.45, 7) is 8.02. The molecule has 0 spiro atoms. The Morgan fingerprint density at radius 1 is 0.645 bits per heavy atom. The maximum Gasteiger partial charge on any atom is 0.319 e. The molecule has 0 aromatic heterocycles. The van der Waals surface area contributed by atoms with Crippen LogP contribution in [0.25, 0.3) is 11.1 Å². The number of carbonyl (C=O) groups excluding carboxylic acids is 1. The van der Waals surface area contributed by atoms with Crippen molar-refractivity contribution in [2.45, 2.75) is 129 Å². The molecule has 0 bridgehead atoms. The van der Waals surface area contributed by atoms with Gasteiger partial charge in [0.05, 0.1) is 18.8 Å². The van der Waals surface area contributed by atoms with Gasteiger partial charge in [-0.1, -0.05) is 157 Å². The molecule has 5 aromatic carbocycles. The summed E-state index contributed by atoms with van der Waals surface area (Å²) < 4.78 is 19.6. The Balaban J connectivity index is 1.10. The quantitative estimate of drug-likeness (QED) is 0.0507. The first-order valence-electron chi connectivity index (χ1n) is 23.3. The largest absolute Gasteiger partial charge is 0.457 e. The molecule has 0 saturated carbocycles. The number of urea groups is 1. The van der Waals surface area contributed by atoms with Gasteiger partial charge in [0.15, 0.2) is 6.29 Å². The van der Waals surface area contributed by atoms with Crippen molar-refractivity contribution >= 4 is 11.7 Å². The van der Waals surface area contributed by atoms with Crippen molar-refractivity contribution in [2.24, 2.45) is 0 Å². The third kappa shape index (κ3) is 15.4. The monoisotopic (exact) mass is 840 g/mol. The molecule has 8 nitrogen and oxygen atoms in total. The number of aliphatic hydroxyl groups is 1. The maximum atomic E-state index is 12.9. The highest BCUT2D eigenvalue weighted by Gasteiger charge is 2.33. The molecule has 1 fully saturated rings. The third-order valence-corrected chi connectivity index (χ3v) is 11.7. The minimum atomic E-state index is -0.534. The Hall–Kier alpha value is -4.99. The standard InChI is InChI=1S/C54H69N3O5/c1-3-5-7-9-11-16-34-57(35-17-12-10-8-6-4-2)40-51-38-52(44-28-26-42(41-58)27-29-44)62-53(61-51)47-23-19-22-46(37-47)45-21-18-20-43(36-45)39-55-54(59)56-48-30-32-50(33-31-48)60-49-24-14-13-15-25-49/h13-15,18-33,36-37,51-53,58H,3-12,16-17,34-35,38-41H2,1-2H3,(H2,55,56,59)/t51-,52+,53+/m1/s1. The number of rotatable bonds is 25. The summed E-state index contributed by atoms with van der Waals surface area (Å²) in [5, 5.41) is 15.7. The molecule has 330 valence electrons. The number of benzene rings is 5. The van der Waals surface area contributed by atoms with E-state index in [1.165, 1.54) is 77.0 Å². The predicted molar refractivity (Wildman–Crippen MR) is 252 cm³/mol. The predicted octanol–water partition coefficient (Wildman–Crippen LogP) is 13.5. The summed E-state index contributed by atoms with van der Waals surface area (Å²) in [6.07, 6.45) is 15.6. The van der Waals surface area contributed by atoms with E-state index in [4.69, 9.17) is 14.2 Å². The molecule has 0 radical (unpaired) electrons. The Morgan fingerprint density at radius 2 is 1.27 bits per heavy atom. The van der Waals surface area contributed by atoms with Gasteiger partial charge in [-0.05, 0) is 102 Å². The fourth-order valence-electron chi connectivity index (χ4n) is 8.16. The van der Waals surface area contributed by atoms with E-state index in [-0.39, 0.29) is 24.8 Å². The highest BCUT2D eigenvalue weighted by atomic mass is 16.7. The molecule has 0 unspecified atom stereocenters. The van der Waals surface area contributed by atoms with E-state index < -0.39 is 6.29 Å². The van der Waals surface area contributed by atoms with Crippen molar-refractivity contribution in [3.63, 3.8) is 0 Å². The first-order chi connectivity index (χ1) is 30.5. The van der Waals surface area contributed by atoms with E-state index in [1.54, 1.807) is 0 Å². The van der Waals surface area contributed by atoms with Gasteiger partial charge < -0.3 is 34.9 Å². The lowest BCUT2D eigenvalue weighted by Gasteiger charge is -2.38. The normalized spacial score (nSPS) is 16.3. The lowest BCUT2D eigenvalue weighted by molar-refractivity contribution is -0.253. The number of para-hydroxylation sites is 1. The Morgan fingerprint density at radius 3 is 1.95 bits per heavy atom. The summed E-state index contributed by atoms with van der Waals surface area (Å²) in [5.41, 5.74) is 6.74. The van der Waals surface area contributed by atoms with Crippen molar-refractivity contribution in [2.75, 3.05) is 25.0 Å². The third-order valence-electron chi connectivity index (χ3n) is 11.7.